The van der Waals surface area contributed by atoms with E-state index in [1.165, 1.54) is 7.11 Å². The average molecular weight is 337 g/mol. The van der Waals surface area contributed by atoms with E-state index in [2.05, 4.69) is 20.7 Å². The third kappa shape index (κ3) is 6.88. The minimum atomic E-state index is -0.458. The van der Waals surface area contributed by atoms with Crippen LogP contribution in [-0.2, 0) is 14.3 Å². The Morgan fingerprint density at radius 3 is 2.35 bits per heavy atom. The van der Waals surface area contributed by atoms with Gasteiger partial charge in [-0.1, -0.05) is 0 Å². The lowest BCUT2D eigenvalue weighted by atomic mass is 10.2. The van der Waals surface area contributed by atoms with Crippen molar-refractivity contribution in [2.24, 2.45) is 0 Å². The summed E-state index contributed by atoms with van der Waals surface area (Å²) in [4.78, 5) is 34.1. The molecule has 0 saturated heterocycles. The van der Waals surface area contributed by atoms with E-state index in [0.717, 1.165) is 0 Å². The number of benzene rings is 1. The fourth-order valence-corrected chi connectivity index (χ4v) is 1.87. The first-order chi connectivity index (χ1) is 11.0. The number of hydrogen-bond donors (Lipinski definition) is 3. The Labute approximate surface area is 139 Å². The second-order valence-corrected chi connectivity index (χ2v) is 4.92. The first kappa shape index (κ1) is 18.6. The van der Waals surface area contributed by atoms with Gasteiger partial charge >= 0.3 is 5.97 Å². The molecule has 1 aromatic carbocycles. The molecular formula is C15H19N3O4S. The molecule has 0 bridgehead atoms. The summed E-state index contributed by atoms with van der Waals surface area (Å²) >= 11 is 5.01. The lowest BCUT2D eigenvalue weighted by molar-refractivity contribution is -0.142. The van der Waals surface area contributed by atoms with Crippen LogP contribution in [0.25, 0.3) is 0 Å². The van der Waals surface area contributed by atoms with Crippen molar-refractivity contribution in [3.05, 3.63) is 29.8 Å². The highest BCUT2D eigenvalue weighted by molar-refractivity contribution is 7.80. The van der Waals surface area contributed by atoms with Gasteiger partial charge in [-0.2, -0.15) is 0 Å². The number of esters is 1. The molecule has 2 amide bonds. The minimum absolute atomic E-state index is 0.00775. The van der Waals surface area contributed by atoms with Gasteiger partial charge in [0.2, 0.25) is 5.91 Å². The molecule has 0 aliphatic carbocycles. The third-order valence-electron chi connectivity index (χ3n) is 2.78. The Morgan fingerprint density at radius 1 is 1.13 bits per heavy atom. The molecule has 8 heteroatoms. The number of methoxy groups -OCH3 is 1. The Hall–Kier alpha value is -2.48. The maximum absolute atomic E-state index is 11.6. The van der Waals surface area contributed by atoms with Crippen LogP contribution in [0, 0.1) is 0 Å². The SMILES string of the molecule is CCNC(=O)c1ccc(NC(=S)NC(=O)CCC(=O)OC)cc1. The fraction of sp³-hybridized carbons (Fsp3) is 0.333. The second kappa shape index (κ2) is 9.52. The molecule has 0 radical (unpaired) electrons. The summed E-state index contributed by atoms with van der Waals surface area (Å²) in [7, 11) is 1.26. The normalized spacial score (nSPS) is 9.65. The monoisotopic (exact) mass is 337 g/mol. The number of carbonyl (C=O) groups excluding carboxylic acids is 3. The van der Waals surface area contributed by atoms with Gasteiger partial charge in [0, 0.05) is 24.2 Å². The summed E-state index contributed by atoms with van der Waals surface area (Å²) in [6, 6.07) is 6.65. The van der Waals surface area contributed by atoms with Crippen molar-refractivity contribution in [2.45, 2.75) is 19.8 Å². The van der Waals surface area contributed by atoms with Crippen LogP contribution in [0.5, 0.6) is 0 Å². The third-order valence-corrected chi connectivity index (χ3v) is 2.98. The molecule has 0 aromatic heterocycles. The van der Waals surface area contributed by atoms with Crippen LogP contribution in [-0.4, -0.2) is 36.6 Å². The molecule has 0 aliphatic heterocycles. The summed E-state index contributed by atoms with van der Waals surface area (Å²) in [5.74, 6) is -0.996. The number of anilines is 1. The molecule has 0 heterocycles. The predicted octanol–water partition coefficient (Wildman–Crippen LogP) is 1.20. The Morgan fingerprint density at radius 2 is 1.78 bits per heavy atom. The average Bonchev–Trinajstić information content (AvgIpc) is 2.53. The van der Waals surface area contributed by atoms with Crippen LogP contribution in [0.4, 0.5) is 5.69 Å². The summed E-state index contributed by atoms with van der Waals surface area (Å²) < 4.78 is 4.45. The van der Waals surface area contributed by atoms with E-state index < -0.39 is 5.97 Å². The highest BCUT2D eigenvalue weighted by Gasteiger charge is 2.09. The molecular weight excluding hydrogens is 318 g/mol. The predicted molar refractivity (Wildman–Crippen MR) is 90.1 cm³/mol. The van der Waals surface area contributed by atoms with E-state index >= 15 is 0 Å². The van der Waals surface area contributed by atoms with Gasteiger partial charge in [0.05, 0.1) is 13.5 Å². The molecule has 0 spiro atoms. The maximum atomic E-state index is 11.6. The van der Waals surface area contributed by atoms with Crippen LogP contribution in [0.2, 0.25) is 0 Å². The van der Waals surface area contributed by atoms with Crippen molar-refractivity contribution in [1.29, 1.82) is 0 Å². The molecule has 7 nitrogen and oxygen atoms in total. The van der Waals surface area contributed by atoms with E-state index in [0.29, 0.717) is 17.8 Å². The number of ether oxygens (including phenoxy) is 1. The fourth-order valence-electron chi connectivity index (χ4n) is 1.64. The standard InChI is InChI=1S/C15H19N3O4S/c1-3-16-14(21)10-4-6-11(7-5-10)17-15(23)18-12(19)8-9-13(20)22-2/h4-7H,3,8-9H2,1-2H3,(H,16,21)(H2,17,18,19,23). The van der Waals surface area contributed by atoms with Crippen molar-refractivity contribution in [3.63, 3.8) is 0 Å². The molecule has 3 N–H and O–H groups in total. The van der Waals surface area contributed by atoms with E-state index in [-0.39, 0.29) is 29.8 Å². The number of amides is 2. The van der Waals surface area contributed by atoms with Gasteiger partial charge in [-0.3, -0.25) is 14.4 Å². The summed E-state index contributed by atoms with van der Waals surface area (Å²) in [5, 5.41) is 8.10. The van der Waals surface area contributed by atoms with Crippen molar-refractivity contribution in [1.82, 2.24) is 10.6 Å². The van der Waals surface area contributed by atoms with Crippen LogP contribution >= 0.6 is 12.2 Å². The van der Waals surface area contributed by atoms with Crippen molar-refractivity contribution in [3.8, 4) is 0 Å². The summed E-state index contributed by atoms with van der Waals surface area (Å²) in [6.07, 6.45) is -0.0171. The van der Waals surface area contributed by atoms with Crippen molar-refractivity contribution in [2.75, 3.05) is 19.0 Å². The molecule has 1 aromatic rings. The van der Waals surface area contributed by atoms with Crippen LogP contribution in [0.1, 0.15) is 30.1 Å². The lowest BCUT2D eigenvalue weighted by Crippen LogP contribution is -2.34. The van der Waals surface area contributed by atoms with Crippen LogP contribution in [0.3, 0.4) is 0 Å². The number of carbonyl (C=O) groups is 3. The van der Waals surface area contributed by atoms with Crippen LogP contribution in [0.15, 0.2) is 24.3 Å². The number of nitrogens with one attached hydrogen (secondary N) is 3. The maximum Gasteiger partial charge on any atom is 0.306 e. The Kier molecular flexibility index (Phi) is 7.69. The largest absolute Gasteiger partial charge is 0.469 e. The van der Waals surface area contributed by atoms with E-state index in [9.17, 15) is 14.4 Å². The molecule has 124 valence electrons. The zero-order valence-electron chi connectivity index (χ0n) is 13.0. The van der Waals surface area contributed by atoms with E-state index in [1.807, 2.05) is 6.92 Å². The zero-order valence-corrected chi connectivity index (χ0v) is 13.8. The number of hydrogen-bond acceptors (Lipinski definition) is 5. The summed E-state index contributed by atoms with van der Waals surface area (Å²) in [5.41, 5.74) is 1.17. The highest BCUT2D eigenvalue weighted by Crippen LogP contribution is 2.09. The molecule has 23 heavy (non-hydrogen) atoms. The van der Waals surface area contributed by atoms with Gasteiger partial charge in [0.25, 0.3) is 5.91 Å². The first-order valence-corrected chi connectivity index (χ1v) is 7.43. The molecule has 0 atom stereocenters. The minimum Gasteiger partial charge on any atom is -0.469 e. The summed E-state index contributed by atoms with van der Waals surface area (Å²) in [6.45, 7) is 2.40. The van der Waals surface area contributed by atoms with Crippen molar-refractivity contribution < 1.29 is 19.1 Å². The quantitative estimate of drug-likeness (QED) is 0.533. The van der Waals surface area contributed by atoms with Crippen molar-refractivity contribution >= 4 is 40.8 Å². The van der Waals surface area contributed by atoms with Gasteiger partial charge in [0.1, 0.15) is 0 Å². The zero-order chi connectivity index (χ0) is 17.2. The Balaban J connectivity index is 2.46. The second-order valence-electron chi connectivity index (χ2n) is 4.52. The van der Waals surface area contributed by atoms with Gasteiger partial charge in [-0.25, -0.2) is 0 Å². The first-order valence-electron chi connectivity index (χ1n) is 7.02. The van der Waals surface area contributed by atoms with Gasteiger partial charge in [-0.15, -0.1) is 0 Å². The molecule has 0 aliphatic rings. The molecule has 0 unspecified atom stereocenters. The van der Waals surface area contributed by atoms with Gasteiger partial charge in [0.15, 0.2) is 5.11 Å². The molecule has 1 rings (SSSR count). The van der Waals surface area contributed by atoms with Crippen LogP contribution < -0.4 is 16.0 Å². The highest BCUT2D eigenvalue weighted by atomic mass is 32.1. The topological polar surface area (TPSA) is 96.5 Å². The molecule has 0 fully saturated rings. The number of rotatable bonds is 6. The molecule has 0 saturated carbocycles. The number of thiocarbonyl (C=S) groups is 1. The Bertz CT molecular complexity index is 587. The lowest BCUT2D eigenvalue weighted by Gasteiger charge is -2.10. The van der Waals surface area contributed by atoms with E-state index in [1.54, 1.807) is 24.3 Å². The van der Waals surface area contributed by atoms with Gasteiger partial charge < -0.3 is 20.7 Å². The van der Waals surface area contributed by atoms with E-state index in [4.69, 9.17) is 12.2 Å². The van der Waals surface area contributed by atoms with Gasteiger partial charge in [-0.05, 0) is 43.4 Å². The smallest absolute Gasteiger partial charge is 0.306 e.